The number of carbonyl (C=O) groups is 2. The molecule has 6 nitrogen and oxygen atoms in total. The van der Waals surface area contributed by atoms with Gasteiger partial charge in [0.2, 0.25) is 0 Å². The molecule has 1 aliphatic heterocycles. The van der Waals surface area contributed by atoms with Gasteiger partial charge in [0.05, 0.1) is 16.9 Å². The number of nitrogens with zero attached hydrogens (tertiary/aromatic N) is 2. The minimum Gasteiger partial charge on any atom is -0.474 e. The van der Waals surface area contributed by atoms with E-state index >= 15 is 0 Å². The van der Waals surface area contributed by atoms with E-state index in [1.54, 1.807) is 0 Å². The molecular weight excluding hydrogens is 450 g/mol. The molecule has 0 spiro atoms. The molecule has 170 valence electrons. The van der Waals surface area contributed by atoms with E-state index in [9.17, 15) is 9.59 Å². The summed E-state index contributed by atoms with van der Waals surface area (Å²) in [5.41, 5.74) is 7.25. The number of nitrogens with one attached hydrogen (secondary N) is 1. The van der Waals surface area contributed by atoms with Crippen LogP contribution < -0.4 is 0 Å². The highest BCUT2D eigenvalue weighted by Gasteiger charge is 2.26. The van der Waals surface area contributed by atoms with Gasteiger partial charge in [-0.1, -0.05) is 66.2 Å². The van der Waals surface area contributed by atoms with Gasteiger partial charge in [0, 0.05) is 18.7 Å². The van der Waals surface area contributed by atoms with Crippen molar-refractivity contribution in [3.63, 3.8) is 0 Å². The lowest BCUT2D eigenvalue weighted by molar-refractivity contribution is -0.156. The molecule has 0 radical (unpaired) electrons. The monoisotopic (exact) mass is 471 g/mol. The molecule has 0 bridgehead atoms. The third kappa shape index (κ3) is 4.32. The van der Waals surface area contributed by atoms with Gasteiger partial charge in [-0.25, -0.2) is 9.78 Å². The number of benzene rings is 3. The highest BCUT2D eigenvalue weighted by molar-refractivity contribution is 6.33. The number of imidazole rings is 1. The summed E-state index contributed by atoms with van der Waals surface area (Å²) < 4.78 is 0. The average molecular weight is 472 g/mol. The SMILES string of the molecule is O=C(O)C(=O)N1CCc2c(Cc3ccc(Cl)c(-c4ncc(-c5ccccc5)[nH]4)c3)cccc2C1. The van der Waals surface area contributed by atoms with E-state index in [0.717, 1.165) is 33.5 Å². The van der Waals surface area contributed by atoms with Crippen molar-refractivity contribution in [2.75, 3.05) is 6.54 Å². The Labute approximate surface area is 201 Å². The van der Waals surface area contributed by atoms with E-state index in [1.807, 2.05) is 60.8 Å². The second kappa shape index (κ2) is 9.15. The Morgan fingerprint density at radius 2 is 1.88 bits per heavy atom. The topological polar surface area (TPSA) is 86.3 Å². The number of rotatable bonds is 4. The van der Waals surface area contributed by atoms with Crippen molar-refractivity contribution in [1.82, 2.24) is 14.9 Å². The molecule has 7 heteroatoms. The lowest BCUT2D eigenvalue weighted by atomic mass is 9.90. The van der Waals surface area contributed by atoms with Gasteiger partial charge >= 0.3 is 11.9 Å². The fraction of sp³-hybridized carbons (Fsp3) is 0.148. The zero-order valence-corrected chi connectivity index (χ0v) is 19.0. The van der Waals surface area contributed by atoms with Gasteiger partial charge in [0.15, 0.2) is 0 Å². The van der Waals surface area contributed by atoms with Gasteiger partial charge in [-0.05, 0) is 52.8 Å². The van der Waals surface area contributed by atoms with E-state index in [0.29, 0.717) is 36.8 Å². The van der Waals surface area contributed by atoms with Crippen molar-refractivity contribution in [2.24, 2.45) is 0 Å². The second-order valence-electron chi connectivity index (χ2n) is 8.34. The van der Waals surface area contributed by atoms with Crippen LogP contribution in [0.2, 0.25) is 5.02 Å². The third-order valence-electron chi connectivity index (χ3n) is 6.17. The van der Waals surface area contributed by atoms with E-state index in [2.05, 4.69) is 22.1 Å². The fourth-order valence-corrected chi connectivity index (χ4v) is 4.68. The van der Waals surface area contributed by atoms with Crippen LogP contribution >= 0.6 is 11.6 Å². The smallest absolute Gasteiger partial charge is 0.394 e. The molecule has 1 aliphatic rings. The predicted octanol–water partition coefficient (Wildman–Crippen LogP) is 4.96. The van der Waals surface area contributed by atoms with Crippen molar-refractivity contribution in [2.45, 2.75) is 19.4 Å². The molecule has 0 aliphatic carbocycles. The number of carboxylic acids is 1. The molecule has 1 aromatic heterocycles. The normalized spacial score (nSPS) is 12.9. The summed E-state index contributed by atoms with van der Waals surface area (Å²) in [6.07, 6.45) is 3.14. The number of carbonyl (C=O) groups excluding carboxylic acids is 1. The molecule has 0 saturated carbocycles. The van der Waals surface area contributed by atoms with E-state index in [1.165, 1.54) is 10.5 Å². The Morgan fingerprint density at radius 1 is 1.06 bits per heavy atom. The third-order valence-corrected chi connectivity index (χ3v) is 6.50. The highest BCUT2D eigenvalue weighted by atomic mass is 35.5. The molecule has 0 fully saturated rings. The average Bonchev–Trinajstić information content (AvgIpc) is 3.35. The van der Waals surface area contributed by atoms with E-state index in [4.69, 9.17) is 16.7 Å². The van der Waals surface area contributed by atoms with Crippen molar-refractivity contribution >= 4 is 23.5 Å². The Balaban J connectivity index is 1.41. The molecule has 5 rings (SSSR count). The minimum absolute atomic E-state index is 0.314. The fourth-order valence-electron chi connectivity index (χ4n) is 4.47. The van der Waals surface area contributed by atoms with Crippen LogP contribution in [0.1, 0.15) is 22.3 Å². The summed E-state index contributed by atoms with van der Waals surface area (Å²) in [6.45, 7) is 0.713. The number of hydrogen-bond acceptors (Lipinski definition) is 3. The Morgan fingerprint density at radius 3 is 2.68 bits per heavy atom. The Hall–Kier alpha value is -3.90. The first-order valence-electron chi connectivity index (χ1n) is 11.0. The molecule has 34 heavy (non-hydrogen) atoms. The van der Waals surface area contributed by atoms with Crippen LogP contribution in [0.4, 0.5) is 0 Å². The molecule has 3 aromatic carbocycles. The molecule has 4 aromatic rings. The number of fused-ring (bicyclic) bond motifs is 1. The number of carboxylic acid groups (broad SMARTS) is 1. The number of H-pyrrole nitrogens is 1. The number of aromatic amines is 1. The maximum Gasteiger partial charge on any atom is 0.394 e. The number of hydrogen-bond donors (Lipinski definition) is 2. The maximum absolute atomic E-state index is 11.9. The Kier molecular flexibility index (Phi) is 5.90. The number of aliphatic carboxylic acids is 1. The van der Waals surface area contributed by atoms with Crippen LogP contribution in [0.5, 0.6) is 0 Å². The van der Waals surface area contributed by atoms with Crippen molar-refractivity contribution < 1.29 is 14.7 Å². The first-order chi connectivity index (χ1) is 16.5. The maximum atomic E-state index is 11.9. The summed E-state index contributed by atoms with van der Waals surface area (Å²) in [4.78, 5) is 32.3. The highest BCUT2D eigenvalue weighted by Crippen LogP contribution is 2.31. The molecule has 2 N–H and O–H groups in total. The second-order valence-corrected chi connectivity index (χ2v) is 8.75. The predicted molar refractivity (Wildman–Crippen MR) is 130 cm³/mol. The van der Waals surface area contributed by atoms with E-state index < -0.39 is 11.9 Å². The van der Waals surface area contributed by atoms with Crippen molar-refractivity contribution in [3.05, 3.63) is 100 Å². The van der Waals surface area contributed by atoms with Crippen molar-refractivity contribution in [1.29, 1.82) is 0 Å². The standard InChI is InChI=1S/C27H22ClN3O3/c28-23-10-9-17(14-22(23)25-29-15-24(30-25)18-5-2-1-3-6-18)13-19-7-4-8-20-16-31(12-11-21(19)20)26(32)27(33)34/h1-10,14-15H,11-13,16H2,(H,29,30)(H,33,34). The quantitative estimate of drug-likeness (QED) is 0.412. The van der Waals surface area contributed by atoms with Crippen LogP contribution in [0.15, 0.2) is 72.9 Å². The molecular formula is C27H22ClN3O3. The van der Waals surface area contributed by atoms with Crippen LogP contribution in [0.3, 0.4) is 0 Å². The molecule has 1 amide bonds. The summed E-state index contributed by atoms with van der Waals surface area (Å²) in [7, 11) is 0. The largest absolute Gasteiger partial charge is 0.474 e. The van der Waals surface area contributed by atoms with Crippen molar-refractivity contribution in [3.8, 4) is 22.6 Å². The van der Waals surface area contributed by atoms with Gasteiger partial charge in [-0.15, -0.1) is 0 Å². The van der Waals surface area contributed by atoms with Crippen LogP contribution in [-0.4, -0.2) is 38.4 Å². The lowest BCUT2D eigenvalue weighted by Crippen LogP contribution is -2.40. The van der Waals surface area contributed by atoms with Crippen LogP contribution in [-0.2, 0) is 29.0 Å². The molecule has 0 unspecified atom stereocenters. The Bertz CT molecular complexity index is 1380. The van der Waals surface area contributed by atoms with Gasteiger partial charge in [0.25, 0.3) is 0 Å². The van der Waals surface area contributed by atoms with Gasteiger partial charge < -0.3 is 15.0 Å². The summed E-state index contributed by atoms with van der Waals surface area (Å²) in [5, 5.41) is 9.65. The first kappa shape index (κ1) is 21.9. The first-order valence-corrected chi connectivity index (χ1v) is 11.4. The number of aromatic nitrogens is 2. The zero-order chi connectivity index (χ0) is 23.7. The molecule has 2 heterocycles. The van der Waals surface area contributed by atoms with E-state index in [-0.39, 0.29) is 0 Å². The van der Waals surface area contributed by atoms with Gasteiger partial charge in [0.1, 0.15) is 5.82 Å². The van der Waals surface area contributed by atoms with Crippen LogP contribution in [0.25, 0.3) is 22.6 Å². The minimum atomic E-state index is -1.42. The lowest BCUT2D eigenvalue weighted by Gasteiger charge is -2.29. The van der Waals surface area contributed by atoms with Gasteiger partial charge in [-0.3, -0.25) is 4.79 Å². The summed E-state index contributed by atoms with van der Waals surface area (Å²) in [5.74, 6) is -1.56. The molecule has 0 saturated heterocycles. The molecule has 0 atom stereocenters. The van der Waals surface area contributed by atoms with Crippen LogP contribution in [0, 0.1) is 0 Å². The number of halogens is 1. The summed E-state index contributed by atoms with van der Waals surface area (Å²) >= 11 is 6.53. The number of amides is 1. The van der Waals surface area contributed by atoms with Gasteiger partial charge in [-0.2, -0.15) is 0 Å². The zero-order valence-electron chi connectivity index (χ0n) is 18.3. The summed E-state index contributed by atoms with van der Waals surface area (Å²) in [6, 6.07) is 22.0.